The summed E-state index contributed by atoms with van der Waals surface area (Å²) in [5, 5.41) is 9.43. The molecule has 1 aliphatic heterocycles. The van der Waals surface area contributed by atoms with Crippen molar-refractivity contribution in [2.75, 3.05) is 13.6 Å². The molecule has 0 spiro atoms. The Bertz CT molecular complexity index is 1120. The lowest BCUT2D eigenvalue weighted by Crippen LogP contribution is -2.38. The number of halogens is 3. The molecule has 2 aromatic carbocycles. The number of hydrogen-bond donors (Lipinski definition) is 1. The zero-order valence-corrected chi connectivity index (χ0v) is 22.5. The molecule has 1 fully saturated rings. The first-order valence-corrected chi connectivity index (χ1v) is 13.0. The molecule has 2 amide bonds. The highest BCUT2D eigenvalue weighted by Gasteiger charge is 2.35. The molecule has 6 nitrogen and oxygen atoms in total. The average molecular weight is 535 g/mol. The van der Waals surface area contributed by atoms with E-state index in [0.717, 1.165) is 61.8 Å². The summed E-state index contributed by atoms with van der Waals surface area (Å²) in [5.74, 6) is -0.430. The Morgan fingerprint density at radius 3 is 2.32 bits per heavy atom. The van der Waals surface area contributed by atoms with Gasteiger partial charge in [0.25, 0.3) is 0 Å². The molecule has 0 radical (unpaired) electrons. The van der Waals surface area contributed by atoms with Crippen molar-refractivity contribution >= 4 is 12.0 Å². The highest BCUT2D eigenvalue weighted by atomic mass is 19.4. The maximum atomic E-state index is 12.8. The zero-order chi connectivity index (χ0) is 28.1. The smallest absolute Gasteiger partial charge is 0.416 e. The van der Waals surface area contributed by atoms with Crippen LogP contribution in [0.3, 0.4) is 0 Å². The molecule has 1 aliphatic rings. The molecule has 3 rings (SSSR count). The summed E-state index contributed by atoms with van der Waals surface area (Å²) in [4.78, 5) is 27.6. The van der Waals surface area contributed by atoms with Crippen molar-refractivity contribution < 1.29 is 32.6 Å². The summed E-state index contributed by atoms with van der Waals surface area (Å²) in [6.07, 6.45) is 0.846. The Morgan fingerprint density at radius 1 is 1.05 bits per heavy atom. The van der Waals surface area contributed by atoms with Gasteiger partial charge in [-0.15, -0.1) is 0 Å². The predicted octanol–water partition coefficient (Wildman–Crippen LogP) is 6.55. The van der Waals surface area contributed by atoms with Crippen LogP contribution in [-0.4, -0.2) is 52.1 Å². The number of carboxylic acid groups (broad SMARTS) is 1. The van der Waals surface area contributed by atoms with E-state index in [-0.39, 0.29) is 18.6 Å². The van der Waals surface area contributed by atoms with Crippen molar-refractivity contribution in [2.24, 2.45) is 0 Å². The highest BCUT2D eigenvalue weighted by molar-refractivity contribution is 5.77. The van der Waals surface area contributed by atoms with Gasteiger partial charge in [0.2, 0.25) is 0 Å². The van der Waals surface area contributed by atoms with Crippen molar-refractivity contribution in [3.63, 3.8) is 0 Å². The minimum atomic E-state index is -4.38. The van der Waals surface area contributed by atoms with Crippen LogP contribution in [-0.2, 0) is 30.4 Å². The number of carbonyl (C=O) groups excluding carboxylic acids is 1. The van der Waals surface area contributed by atoms with Crippen molar-refractivity contribution in [3.05, 3.63) is 64.7 Å². The van der Waals surface area contributed by atoms with Crippen LogP contribution in [0.2, 0.25) is 0 Å². The number of hydrogen-bond acceptors (Lipinski definition) is 3. The Morgan fingerprint density at radius 2 is 1.71 bits per heavy atom. The maximum absolute atomic E-state index is 12.8. The fourth-order valence-corrected chi connectivity index (χ4v) is 4.58. The summed E-state index contributed by atoms with van der Waals surface area (Å²) in [5.41, 5.74) is 0.758. The topological polar surface area (TPSA) is 70.1 Å². The number of amides is 2. The van der Waals surface area contributed by atoms with Gasteiger partial charge in [-0.25, -0.2) is 9.59 Å². The van der Waals surface area contributed by atoms with Crippen LogP contribution >= 0.6 is 0 Å². The van der Waals surface area contributed by atoms with Crippen LogP contribution in [0.4, 0.5) is 18.0 Å². The number of benzene rings is 2. The number of likely N-dealkylation sites (N-methyl/N-ethyl adjacent to an activating group) is 1. The molecule has 1 N–H and O–H groups in total. The molecule has 1 atom stereocenters. The second kappa shape index (κ2) is 12.1. The Kier molecular flexibility index (Phi) is 9.33. The lowest BCUT2D eigenvalue weighted by atomic mass is 9.99. The van der Waals surface area contributed by atoms with E-state index in [2.05, 4.69) is 13.0 Å². The number of aliphatic carboxylic acids is 1. The third-order valence-corrected chi connectivity index (χ3v) is 7.01. The van der Waals surface area contributed by atoms with Gasteiger partial charge in [0.05, 0.1) is 11.6 Å². The van der Waals surface area contributed by atoms with Crippen LogP contribution in [0.25, 0.3) is 0 Å². The number of carboxylic acids is 1. The van der Waals surface area contributed by atoms with Crippen molar-refractivity contribution in [3.8, 4) is 5.75 Å². The number of alkyl halides is 3. The van der Waals surface area contributed by atoms with Crippen LogP contribution in [0.1, 0.15) is 68.7 Å². The third-order valence-electron chi connectivity index (χ3n) is 7.01. The van der Waals surface area contributed by atoms with Gasteiger partial charge in [-0.3, -0.25) is 0 Å². The van der Waals surface area contributed by atoms with E-state index < -0.39 is 23.3 Å². The Hall–Kier alpha value is -3.23. The standard InChI is InChI=1S/C29H37F3N2O4/c1-5-6-9-22-17-20(13-16-25(22)38-28(2,3)26(35)36)8-7-10-24-19-34(27(37)33(24)4)18-21-11-14-23(15-12-21)29(30,31)32/h11-17,24H,5-10,18-19H2,1-4H3,(H,35,36). The van der Waals surface area contributed by atoms with E-state index in [1.54, 1.807) is 16.8 Å². The number of nitrogens with zero attached hydrogens (tertiary/aromatic N) is 2. The third kappa shape index (κ3) is 7.42. The van der Waals surface area contributed by atoms with Gasteiger partial charge in [-0.05, 0) is 80.8 Å². The Labute approximate surface area is 222 Å². The van der Waals surface area contributed by atoms with Crippen molar-refractivity contribution in [2.45, 2.75) is 83.7 Å². The molecule has 0 aromatic heterocycles. The molecule has 1 unspecified atom stereocenters. The van der Waals surface area contributed by atoms with E-state index in [1.807, 2.05) is 12.1 Å². The number of unbranched alkanes of at least 4 members (excludes halogenated alkanes) is 1. The van der Waals surface area contributed by atoms with Crippen molar-refractivity contribution in [1.29, 1.82) is 0 Å². The van der Waals surface area contributed by atoms with Gasteiger partial charge in [0.1, 0.15) is 5.75 Å². The first kappa shape index (κ1) is 29.3. The molecule has 38 heavy (non-hydrogen) atoms. The predicted molar refractivity (Wildman–Crippen MR) is 139 cm³/mol. The van der Waals surface area contributed by atoms with E-state index in [0.29, 0.717) is 17.9 Å². The largest absolute Gasteiger partial charge is 0.478 e. The molecule has 0 saturated carbocycles. The van der Waals surface area contributed by atoms with Gasteiger partial charge in [-0.2, -0.15) is 13.2 Å². The maximum Gasteiger partial charge on any atom is 0.416 e. The second-order valence-electron chi connectivity index (χ2n) is 10.5. The van der Waals surface area contributed by atoms with Crippen LogP contribution in [0.5, 0.6) is 5.75 Å². The SMILES string of the molecule is CCCCc1cc(CCCC2CN(Cc3ccc(C(F)(F)F)cc3)C(=O)N2C)ccc1OC(C)(C)C(=O)O. The van der Waals surface area contributed by atoms with E-state index in [9.17, 15) is 27.9 Å². The quantitative estimate of drug-likeness (QED) is 0.335. The van der Waals surface area contributed by atoms with Gasteiger partial charge in [-0.1, -0.05) is 37.6 Å². The fourth-order valence-electron chi connectivity index (χ4n) is 4.58. The van der Waals surface area contributed by atoms with Gasteiger partial charge in [0, 0.05) is 20.1 Å². The molecule has 1 heterocycles. The number of carbonyl (C=O) groups is 2. The normalized spacial score (nSPS) is 16.3. The minimum absolute atomic E-state index is 0.0236. The van der Waals surface area contributed by atoms with E-state index >= 15 is 0 Å². The first-order valence-electron chi connectivity index (χ1n) is 13.0. The number of ether oxygens (including phenoxy) is 1. The van der Waals surface area contributed by atoms with Gasteiger partial charge >= 0.3 is 18.2 Å². The average Bonchev–Trinajstić information content (AvgIpc) is 3.11. The van der Waals surface area contributed by atoms with Crippen LogP contribution < -0.4 is 4.74 Å². The van der Waals surface area contributed by atoms with E-state index in [4.69, 9.17) is 4.74 Å². The fraction of sp³-hybridized carbons (Fsp3) is 0.517. The number of aryl methyl sites for hydroxylation is 2. The molecule has 9 heteroatoms. The monoisotopic (exact) mass is 534 g/mol. The summed E-state index contributed by atoms with van der Waals surface area (Å²) in [7, 11) is 1.76. The summed E-state index contributed by atoms with van der Waals surface area (Å²) >= 11 is 0. The Balaban J connectivity index is 1.58. The molecule has 2 aromatic rings. The van der Waals surface area contributed by atoms with Gasteiger partial charge in [0.15, 0.2) is 5.60 Å². The minimum Gasteiger partial charge on any atom is -0.478 e. The number of rotatable bonds is 12. The van der Waals surface area contributed by atoms with Gasteiger partial charge < -0.3 is 19.6 Å². The molecule has 208 valence electrons. The summed E-state index contributed by atoms with van der Waals surface area (Å²) in [6.45, 7) is 5.97. The highest BCUT2D eigenvalue weighted by Crippen LogP contribution is 2.30. The van der Waals surface area contributed by atoms with E-state index in [1.165, 1.54) is 26.0 Å². The summed E-state index contributed by atoms with van der Waals surface area (Å²) in [6, 6.07) is 10.7. The summed E-state index contributed by atoms with van der Waals surface area (Å²) < 4.78 is 44.3. The molecule has 0 aliphatic carbocycles. The molecular formula is C29H37F3N2O4. The number of urea groups is 1. The van der Waals surface area contributed by atoms with Crippen molar-refractivity contribution in [1.82, 2.24) is 9.80 Å². The lowest BCUT2D eigenvalue weighted by Gasteiger charge is -2.24. The van der Waals surface area contributed by atoms with Crippen LogP contribution in [0, 0.1) is 0 Å². The lowest BCUT2D eigenvalue weighted by molar-refractivity contribution is -0.152. The molecular weight excluding hydrogens is 497 g/mol. The first-order chi connectivity index (χ1) is 17.8. The molecule has 0 bridgehead atoms. The zero-order valence-electron chi connectivity index (χ0n) is 22.5. The molecule has 1 saturated heterocycles. The second-order valence-corrected chi connectivity index (χ2v) is 10.5. The van der Waals surface area contributed by atoms with Crippen LogP contribution in [0.15, 0.2) is 42.5 Å².